The monoisotopic (exact) mass is 359 g/mol. The molecular formula is C14H15F6NO3. The first-order chi connectivity index (χ1) is 10.9. The Morgan fingerprint density at radius 2 is 1.71 bits per heavy atom. The van der Waals surface area contributed by atoms with Crippen LogP contribution < -0.4 is 0 Å². The molecule has 0 fully saturated rings. The fourth-order valence-corrected chi connectivity index (χ4v) is 1.88. The van der Waals surface area contributed by atoms with Crippen LogP contribution in [0.1, 0.15) is 31.0 Å². The normalized spacial score (nSPS) is 13.8. The van der Waals surface area contributed by atoms with Gasteiger partial charge in [-0.25, -0.2) is 4.79 Å². The molecule has 24 heavy (non-hydrogen) atoms. The van der Waals surface area contributed by atoms with Gasteiger partial charge in [0.15, 0.2) is 6.04 Å². The molecule has 1 atom stereocenters. The molecule has 0 saturated heterocycles. The van der Waals surface area contributed by atoms with E-state index in [2.05, 4.69) is 9.57 Å². The molecule has 0 aliphatic rings. The molecule has 0 heterocycles. The number of amides is 1. The number of benzene rings is 1. The first-order valence-electron chi connectivity index (χ1n) is 6.65. The third-order valence-electron chi connectivity index (χ3n) is 2.79. The number of ether oxygens (including phenoxy) is 1. The zero-order chi connectivity index (χ0) is 18.7. The number of alkyl halides is 6. The van der Waals surface area contributed by atoms with Crippen LogP contribution in [0, 0.1) is 0 Å². The molecule has 0 bridgehead atoms. The molecule has 1 rings (SSSR count). The summed E-state index contributed by atoms with van der Waals surface area (Å²) in [6.45, 7) is 2.80. The Morgan fingerprint density at radius 3 is 2.12 bits per heavy atom. The van der Waals surface area contributed by atoms with Gasteiger partial charge in [-0.15, -0.1) is 0 Å². The van der Waals surface area contributed by atoms with Gasteiger partial charge in [-0.05, 0) is 31.5 Å². The Bertz CT molecular complexity index is 570. The maximum Gasteiger partial charge on any atom is 0.435 e. The molecule has 0 spiro atoms. The summed E-state index contributed by atoms with van der Waals surface area (Å²) in [5.74, 6) is 0. The molecule has 1 unspecified atom stereocenters. The predicted molar refractivity (Wildman–Crippen MR) is 70.7 cm³/mol. The van der Waals surface area contributed by atoms with Crippen LogP contribution in [-0.2, 0) is 15.8 Å². The van der Waals surface area contributed by atoms with Gasteiger partial charge in [0.05, 0.1) is 18.8 Å². The van der Waals surface area contributed by atoms with Crippen molar-refractivity contribution in [1.29, 1.82) is 0 Å². The van der Waals surface area contributed by atoms with Gasteiger partial charge in [0, 0.05) is 0 Å². The number of hydroxylamine groups is 2. The molecule has 10 heteroatoms. The van der Waals surface area contributed by atoms with Gasteiger partial charge in [0.1, 0.15) is 0 Å². The van der Waals surface area contributed by atoms with Crippen LogP contribution in [-0.4, -0.2) is 30.5 Å². The van der Waals surface area contributed by atoms with E-state index in [1.807, 2.05) is 0 Å². The second-order valence-corrected chi connectivity index (χ2v) is 5.01. The van der Waals surface area contributed by atoms with Gasteiger partial charge in [0.25, 0.3) is 0 Å². The first-order valence-corrected chi connectivity index (χ1v) is 6.65. The van der Waals surface area contributed by atoms with Crippen LogP contribution in [0.2, 0.25) is 0 Å². The molecule has 0 aromatic heterocycles. The summed E-state index contributed by atoms with van der Waals surface area (Å²) in [4.78, 5) is 16.2. The Morgan fingerprint density at radius 1 is 1.12 bits per heavy atom. The predicted octanol–water partition coefficient (Wildman–Crippen LogP) is 4.72. The van der Waals surface area contributed by atoms with Crippen LogP contribution in [0.15, 0.2) is 24.3 Å². The van der Waals surface area contributed by atoms with Crippen LogP contribution in [0.4, 0.5) is 31.1 Å². The summed E-state index contributed by atoms with van der Waals surface area (Å²) in [6, 6.07) is -0.176. The van der Waals surface area contributed by atoms with E-state index in [1.54, 1.807) is 0 Å². The highest BCUT2D eigenvalue weighted by atomic mass is 19.4. The number of nitrogens with zero attached hydrogens (tertiary/aromatic N) is 1. The second-order valence-electron chi connectivity index (χ2n) is 5.01. The van der Waals surface area contributed by atoms with Crippen LogP contribution in [0.3, 0.4) is 0 Å². The quantitative estimate of drug-likeness (QED) is 0.577. The average molecular weight is 359 g/mol. The van der Waals surface area contributed by atoms with Crippen molar-refractivity contribution in [2.45, 2.75) is 38.3 Å². The fourth-order valence-electron chi connectivity index (χ4n) is 1.88. The van der Waals surface area contributed by atoms with Crippen molar-refractivity contribution in [3.8, 4) is 0 Å². The van der Waals surface area contributed by atoms with E-state index in [0.29, 0.717) is 12.1 Å². The fraction of sp³-hybridized carbons (Fsp3) is 0.500. The smallest absolute Gasteiger partial charge is 0.435 e. The third-order valence-corrected chi connectivity index (χ3v) is 2.79. The van der Waals surface area contributed by atoms with E-state index in [0.717, 1.165) is 19.2 Å². The van der Waals surface area contributed by atoms with Crippen molar-refractivity contribution in [3.05, 3.63) is 35.4 Å². The molecule has 0 saturated carbocycles. The highest BCUT2D eigenvalue weighted by molar-refractivity contribution is 5.67. The van der Waals surface area contributed by atoms with Crippen molar-refractivity contribution in [1.82, 2.24) is 5.06 Å². The Labute approximate surface area is 133 Å². The molecule has 1 aromatic rings. The Balaban J connectivity index is 3.35. The van der Waals surface area contributed by atoms with Crippen LogP contribution in [0.25, 0.3) is 0 Å². The molecule has 136 valence electrons. The van der Waals surface area contributed by atoms with Crippen LogP contribution in [0.5, 0.6) is 0 Å². The minimum absolute atomic E-state index is 0.143. The summed E-state index contributed by atoms with van der Waals surface area (Å²) < 4.78 is 82.9. The van der Waals surface area contributed by atoms with E-state index in [9.17, 15) is 31.1 Å². The molecule has 0 aliphatic carbocycles. The summed E-state index contributed by atoms with van der Waals surface area (Å²) in [6.07, 6.45) is -12.1. The average Bonchev–Trinajstić information content (AvgIpc) is 2.41. The number of halogens is 6. The van der Waals surface area contributed by atoms with Gasteiger partial charge >= 0.3 is 18.4 Å². The maximum absolute atomic E-state index is 13.4. The summed E-state index contributed by atoms with van der Waals surface area (Å²) >= 11 is 0. The van der Waals surface area contributed by atoms with Gasteiger partial charge in [0.2, 0.25) is 0 Å². The van der Waals surface area contributed by atoms with Crippen molar-refractivity contribution in [2.24, 2.45) is 0 Å². The van der Waals surface area contributed by atoms with Gasteiger partial charge < -0.3 is 4.74 Å². The van der Waals surface area contributed by atoms with Crippen molar-refractivity contribution >= 4 is 6.09 Å². The summed E-state index contributed by atoms with van der Waals surface area (Å²) in [5, 5.41) is -0.143. The lowest BCUT2D eigenvalue weighted by atomic mass is 10.0. The molecule has 0 aliphatic heterocycles. The number of carbonyl (C=O) groups is 1. The van der Waals surface area contributed by atoms with E-state index in [-0.39, 0.29) is 5.06 Å². The van der Waals surface area contributed by atoms with Crippen molar-refractivity contribution in [2.75, 3.05) is 7.11 Å². The third kappa shape index (κ3) is 5.02. The molecule has 0 N–H and O–H groups in total. The standard InChI is InChI=1S/C14H15F6NO3/c1-8(2)24-12(22)21(23-3)11(14(18,19)20)9-5-4-6-10(7-9)13(15,16)17/h4-8,11H,1-3H3. The minimum atomic E-state index is -5.09. The molecule has 1 aromatic carbocycles. The zero-order valence-corrected chi connectivity index (χ0v) is 12.9. The summed E-state index contributed by atoms with van der Waals surface area (Å²) in [7, 11) is 0.786. The lowest BCUT2D eigenvalue weighted by Crippen LogP contribution is -2.42. The topological polar surface area (TPSA) is 38.8 Å². The molecule has 0 radical (unpaired) electrons. The van der Waals surface area contributed by atoms with Crippen molar-refractivity contribution in [3.63, 3.8) is 0 Å². The largest absolute Gasteiger partial charge is 0.445 e. The SMILES string of the molecule is CON(C(=O)OC(C)C)C(c1cccc(C(F)(F)F)c1)C(F)(F)F. The number of hydrogen-bond donors (Lipinski definition) is 0. The maximum atomic E-state index is 13.4. The van der Waals surface area contributed by atoms with E-state index in [4.69, 9.17) is 0 Å². The lowest BCUT2D eigenvalue weighted by Gasteiger charge is -2.31. The second kappa shape index (κ2) is 7.29. The zero-order valence-electron chi connectivity index (χ0n) is 12.9. The lowest BCUT2D eigenvalue weighted by molar-refractivity contribution is -0.251. The Hall–Kier alpha value is -1.97. The number of hydrogen-bond acceptors (Lipinski definition) is 3. The van der Waals surface area contributed by atoms with Gasteiger partial charge in [-0.2, -0.15) is 31.4 Å². The van der Waals surface area contributed by atoms with Crippen LogP contribution >= 0.6 is 0 Å². The van der Waals surface area contributed by atoms with E-state index < -0.39 is 41.7 Å². The number of rotatable bonds is 4. The van der Waals surface area contributed by atoms with Gasteiger partial charge in [-0.3, -0.25) is 4.84 Å². The molecule has 1 amide bonds. The first kappa shape index (κ1) is 20.1. The highest BCUT2D eigenvalue weighted by Gasteiger charge is 2.49. The number of carbonyl (C=O) groups excluding carboxylic acids is 1. The molecular weight excluding hydrogens is 344 g/mol. The Kier molecular flexibility index (Phi) is 6.09. The van der Waals surface area contributed by atoms with Gasteiger partial charge in [-0.1, -0.05) is 12.1 Å². The molecule has 4 nitrogen and oxygen atoms in total. The minimum Gasteiger partial charge on any atom is -0.445 e. The van der Waals surface area contributed by atoms with Crippen molar-refractivity contribution < 1.29 is 40.7 Å². The summed E-state index contributed by atoms with van der Waals surface area (Å²) in [5.41, 5.74) is -2.08. The highest BCUT2D eigenvalue weighted by Crippen LogP contribution is 2.40. The van der Waals surface area contributed by atoms with E-state index >= 15 is 0 Å². The van der Waals surface area contributed by atoms with E-state index in [1.165, 1.54) is 13.8 Å².